The summed E-state index contributed by atoms with van der Waals surface area (Å²) in [4.78, 5) is 23.6. The summed E-state index contributed by atoms with van der Waals surface area (Å²) in [5, 5.41) is 14.1. The van der Waals surface area contributed by atoms with Gasteiger partial charge in [0.25, 0.3) is 0 Å². The van der Waals surface area contributed by atoms with Gasteiger partial charge in [-0.3, -0.25) is 10.1 Å². The Kier molecular flexibility index (Phi) is 3.50. The maximum absolute atomic E-state index is 12.2. The molecule has 4 N–H and O–H groups in total. The van der Waals surface area contributed by atoms with Gasteiger partial charge in [-0.05, 0) is 17.7 Å². The molecule has 0 saturated carbocycles. The van der Waals surface area contributed by atoms with Gasteiger partial charge in [0.1, 0.15) is 12.0 Å². The molecule has 2 heterocycles. The second-order valence-electron chi connectivity index (χ2n) is 4.95. The number of carbonyl (C=O) groups is 2. The quantitative estimate of drug-likeness (QED) is 0.689. The van der Waals surface area contributed by atoms with Crippen LogP contribution in [-0.2, 0) is 9.53 Å². The molecular formula is C14H11BrN4O3. The van der Waals surface area contributed by atoms with E-state index < -0.39 is 30.0 Å². The van der Waals surface area contributed by atoms with Crippen LogP contribution in [0.4, 0.5) is 4.79 Å². The third-order valence-electron chi connectivity index (χ3n) is 3.68. The molecule has 1 aromatic carbocycles. The highest BCUT2D eigenvalue weighted by molar-refractivity contribution is 9.10. The molecular weight excluding hydrogens is 352 g/mol. The van der Waals surface area contributed by atoms with Gasteiger partial charge in [0.05, 0.1) is 5.57 Å². The van der Waals surface area contributed by atoms with Crippen LogP contribution in [0, 0.1) is 17.2 Å². The highest BCUT2D eigenvalue weighted by atomic mass is 79.9. The Morgan fingerprint density at radius 2 is 1.95 bits per heavy atom. The molecule has 0 spiro atoms. The predicted octanol–water partition coefficient (Wildman–Crippen LogP) is 1.04. The summed E-state index contributed by atoms with van der Waals surface area (Å²) in [6.45, 7) is 0. The summed E-state index contributed by atoms with van der Waals surface area (Å²) in [6, 6.07) is 8.58. The zero-order valence-electron chi connectivity index (χ0n) is 11.2. The number of ether oxygens (including phenoxy) is 1. The lowest BCUT2D eigenvalue weighted by atomic mass is 9.77. The number of halogens is 1. The molecule has 1 saturated heterocycles. The first-order valence-electron chi connectivity index (χ1n) is 6.44. The van der Waals surface area contributed by atoms with Crippen molar-refractivity contribution < 1.29 is 14.3 Å². The summed E-state index contributed by atoms with van der Waals surface area (Å²) in [5.41, 5.74) is 6.71. The van der Waals surface area contributed by atoms with Crippen LogP contribution >= 0.6 is 15.9 Å². The first kappa shape index (κ1) is 14.4. The number of nitrogens with two attached hydrogens (primary N) is 1. The minimum atomic E-state index is -0.896. The Morgan fingerprint density at radius 1 is 1.27 bits per heavy atom. The number of hydrogen-bond acceptors (Lipinski definition) is 5. The van der Waals surface area contributed by atoms with Crippen LogP contribution < -0.4 is 16.4 Å². The van der Waals surface area contributed by atoms with Crippen LogP contribution in [0.15, 0.2) is 40.2 Å². The smallest absolute Gasteiger partial charge is 0.324 e. The van der Waals surface area contributed by atoms with Crippen molar-refractivity contribution in [1.82, 2.24) is 10.6 Å². The van der Waals surface area contributed by atoms with E-state index in [1.165, 1.54) is 0 Å². The molecule has 0 bridgehead atoms. The Balaban J connectivity index is 2.11. The molecule has 22 heavy (non-hydrogen) atoms. The number of carbonyl (C=O) groups excluding carboxylic acids is 2. The number of benzene rings is 1. The van der Waals surface area contributed by atoms with Crippen LogP contribution in [0.25, 0.3) is 0 Å². The summed E-state index contributed by atoms with van der Waals surface area (Å²) in [7, 11) is 0. The molecule has 3 rings (SSSR count). The van der Waals surface area contributed by atoms with Crippen molar-refractivity contribution in [2.75, 3.05) is 0 Å². The normalized spacial score (nSPS) is 27.2. The van der Waals surface area contributed by atoms with Crippen molar-refractivity contribution in [2.24, 2.45) is 11.7 Å². The fraction of sp³-hybridized carbons (Fsp3) is 0.214. The molecule has 0 aromatic heterocycles. The van der Waals surface area contributed by atoms with Gasteiger partial charge in [-0.2, -0.15) is 5.26 Å². The van der Waals surface area contributed by atoms with Gasteiger partial charge in [0, 0.05) is 10.4 Å². The largest absolute Gasteiger partial charge is 0.454 e. The fourth-order valence-corrected chi connectivity index (χ4v) is 2.98. The third kappa shape index (κ3) is 2.29. The molecule has 2 aliphatic rings. The van der Waals surface area contributed by atoms with Crippen LogP contribution in [0.1, 0.15) is 11.5 Å². The molecule has 8 heteroatoms. The van der Waals surface area contributed by atoms with Crippen molar-refractivity contribution >= 4 is 27.9 Å². The van der Waals surface area contributed by atoms with Gasteiger partial charge >= 0.3 is 6.03 Å². The molecule has 7 nitrogen and oxygen atoms in total. The van der Waals surface area contributed by atoms with Crippen LogP contribution in [0.2, 0.25) is 0 Å². The number of nitriles is 1. The van der Waals surface area contributed by atoms with Gasteiger partial charge in [0.15, 0.2) is 6.23 Å². The van der Waals surface area contributed by atoms with E-state index in [-0.39, 0.29) is 11.5 Å². The summed E-state index contributed by atoms with van der Waals surface area (Å²) < 4.78 is 6.21. The van der Waals surface area contributed by atoms with E-state index in [1.54, 1.807) is 12.1 Å². The summed E-state index contributed by atoms with van der Waals surface area (Å²) >= 11 is 3.34. The zero-order chi connectivity index (χ0) is 15.9. The van der Waals surface area contributed by atoms with E-state index in [9.17, 15) is 14.9 Å². The number of rotatable bonds is 1. The Labute approximate surface area is 134 Å². The van der Waals surface area contributed by atoms with E-state index >= 15 is 0 Å². The number of fused-ring (bicyclic) bond motifs is 1. The third-order valence-corrected chi connectivity index (χ3v) is 4.21. The average molecular weight is 363 g/mol. The number of amides is 3. The average Bonchev–Trinajstić information content (AvgIpc) is 2.46. The van der Waals surface area contributed by atoms with E-state index in [2.05, 4.69) is 26.6 Å². The van der Waals surface area contributed by atoms with Crippen molar-refractivity contribution in [3.8, 4) is 6.07 Å². The lowest BCUT2D eigenvalue weighted by Gasteiger charge is -2.39. The van der Waals surface area contributed by atoms with Crippen LogP contribution in [-0.4, -0.2) is 18.2 Å². The van der Waals surface area contributed by atoms with Crippen molar-refractivity contribution in [3.63, 3.8) is 0 Å². The zero-order valence-corrected chi connectivity index (χ0v) is 12.8. The highest BCUT2D eigenvalue weighted by Crippen LogP contribution is 2.40. The SMILES string of the molecule is N#CC1=C(N)OC2NC(=O)NC(=O)C2C1c1ccc(Br)cc1. The Hall–Kier alpha value is -2.53. The van der Waals surface area contributed by atoms with Crippen molar-refractivity contribution in [1.29, 1.82) is 5.26 Å². The lowest BCUT2D eigenvalue weighted by Crippen LogP contribution is -2.62. The van der Waals surface area contributed by atoms with Crippen molar-refractivity contribution in [2.45, 2.75) is 12.1 Å². The molecule has 3 unspecified atom stereocenters. The fourth-order valence-electron chi connectivity index (χ4n) is 2.72. The maximum Gasteiger partial charge on any atom is 0.324 e. The number of nitrogens with zero attached hydrogens (tertiary/aromatic N) is 1. The number of nitrogens with one attached hydrogen (secondary N) is 2. The minimum Gasteiger partial charge on any atom is -0.454 e. The lowest BCUT2D eigenvalue weighted by molar-refractivity contribution is -0.132. The van der Waals surface area contributed by atoms with Crippen LogP contribution in [0.5, 0.6) is 0 Å². The minimum absolute atomic E-state index is 0.0772. The maximum atomic E-state index is 12.2. The molecule has 112 valence electrons. The molecule has 0 aliphatic carbocycles. The van der Waals surface area contributed by atoms with Gasteiger partial charge in [-0.25, -0.2) is 4.79 Å². The molecule has 3 amide bonds. The molecule has 0 radical (unpaired) electrons. The van der Waals surface area contributed by atoms with Gasteiger partial charge in [-0.1, -0.05) is 28.1 Å². The second kappa shape index (κ2) is 5.35. The number of urea groups is 1. The van der Waals surface area contributed by atoms with E-state index in [0.717, 1.165) is 10.0 Å². The van der Waals surface area contributed by atoms with Crippen molar-refractivity contribution in [3.05, 3.63) is 45.8 Å². The van der Waals surface area contributed by atoms with Crippen LogP contribution in [0.3, 0.4) is 0 Å². The number of hydrogen-bond donors (Lipinski definition) is 3. The summed E-state index contributed by atoms with van der Waals surface area (Å²) in [5.74, 6) is -1.92. The first-order valence-corrected chi connectivity index (χ1v) is 7.24. The molecule has 2 aliphatic heterocycles. The second-order valence-corrected chi connectivity index (χ2v) is 5.86. The Morgan fingerprint density at radius 3 is 2.59 bits per heavy atom. The van der Waals surface area contributed by atoms with E-state index in [1.807, 2.05) is 18.2 Å². The first-order chi connectivity index (χ1) is 10.5. The number of imide groups is 1. The van der Waals surface area contributed by atoms with Gasteiger partial charge in [-0.15, -0.1) is 0 Å². The highest BCUT2D eigenvalue weighted by Gasteiger charge is 2.48. The summed E-state index contributed by atoms with van der Waals surface area (Å²) in [6.07, 6.45) is -0.896. The van der Waals surface area contributed by atoms with E-state index in [0.29, 0.717) is 0 Å². The Bertz CT molecular complexity index is 723. The monoisotopic (exact) mass is 362 g/mol. The molecule has 3 atom stereocenters. The number of allylic oxidation sites excluding steroid dienone is 1. The topological polar surface area (TPSA) is 117 Å². The van der Waals surface area contributed by atoms with Gasteiger partial charge < -0.3 is 15.8 Å². The van der Waals surface area contributed by atoms with E-state index in [4.69, 9.17) is 10.5 Å². The van der Waals surface area contributed by atoms with Gasteiger partial charge in [0.2, 0.25) is 11.8 Å². The molecule has 1 aromatic rings. The molecule has 1 fully saturated rings. The predicted molar refractivity (Wildman–Crippen MR) is 78.7 cm³/mol. The standard InChI is InChI=1S/C14H11BrN4O3/c15-7-3-1-6(2-4-7)9-8(5-16)11(17)22-13-10(9)12(20)18-14(21)19-13/h1-4,9-10,13H,17H2,(H2,18,19,20,21).